The summed E-state index contributed by atoms with van der Waals surface area (Å²) in [7, 11) is 1.31. The number of ether oxygens (including phenoxy) is 1. The first-order valence-electron chi connectivity index (χ1n) is 6.19. The lowest BCUT2D eigenvalue weighted by Gasteiger charge is -2.07. The maximum absolute atomic E-state index is 11.9. The molecule has 1 aromatic heterocycles. The lowest BCUT2D eigenvalue weighted by Crippen LogP contribution is -2.21. The Hall–Kier alpha value is -2.74. The molecule has 0 aliphatic heterocycles. The molecule has 2 rings (SSSR count). The Morgan fingerprint density at radius 3 is 2.67 bits per heavy atom. The number of amides is 1. The predicted octanol–water partition coefficient (Wildman–Crippen LogP) is 0.162. The minimum atomic E-state index is -0.428. The Kier molecular flexibility index (Phi) is 4.62. The van der Waals surface area contributed by atoms with E-state index in [4.69, 9.17) is 5.73 Å². The third kappa shape index (κ3) is 3.63. The minimum absolute atomic E-state index is 0.0191. The van der Waals surface area contributed by atoms with Crippen molar-refractivity contribution >= 4 is 17.6 Å². The Bertz CT molecular complexity index is 636. The quantitative estimate of drug-likeness (QED) is 0.758. The van der Waals surface area contributed by atoms with Crippen LogP contribution in [0, 0.1) is 0 Å². The van der Waals surface area contributed by atoms with Crippen molar-refractivity contribution in [1.82, 2.24) is 15.0 Å². The van der Waals surface area contributed by atoms with E-state index < -0.39 is 5.97 Å². The fraction of sp³-hybridized carbons (Fsp3) is 0.231. The summed E-state index contributed by atoms with van der Waals surface area (Å²) in [6.45, 7) is 0.277. The number of hydrogen-bond acceptors (Lipinski definition) is 6. The zero-order valence-electron chi connectivity index (χ0n) is 11.4. The SMILES string of the molecule is COC(=O)c1ccc(NC(=O)Cn2nncc2CN)cc1. The molecule has 3 N–H and O–H groups in total. The molecule has 0 saturated heterocycles. The zero-order chi connectivity index (χ0) is 15.2. The Morgan fingerprint density at radius 1 is 1.33 bits per heavy atom. The minimum Gasteiger partial charge on any atom is -0.465 e. The average Bonchev–Trinajstić information content (AvgIpc) is 2.94. The molecule has 0 aliphatic rings. The number of carbonyl (C=O) groups is 2. The summed E-state index contributed by atoms with van der Waals surface area (Å²) >= 11 is 0. The van der Waals surface area contributed by atoms with Crippen molar-refractivity contribution in [1.29, 1.82) is 0 Å². The number of nitrogens with two attached hydrogens (primary N) is 1. The van der Waals surface area contributed by atoms with Gasteiger partial charge in [0, 0.05) is 12.2 Å². The molecular formula is C13H15N5O3. The normalized spacial score (nSPS) is 10.2. The highest BCUT2D eigenvalue weighted by atomic mass is 16.5. The van der Waals surface area contributed by atoms with Gasteiger partial charge in [-0.25, -0.2) is 9.48 Å². The highest BCUT2D eigenvalue weighted by Gasteiger charge is 2.09. The second-order valence-electron chi connectivity index (χ2n) is 4.20. The van der Waals surface area contributed by atoms with Crippen LogP contribution < -0.4 is 11.1 Å². The molecule has 0 unspecified atom stereocenters. The highest BCUT2D eigenvalue weighted by molar-refractivity contribution is 5.92. The van der Waals surface area contributed by atoms with Gasteiger partial charge in [0.05, 0.1) is 24.6 Å². The standard InChI is InChI=1S/C13H15N5O3/c1-21-13(20)9-2-4-10(5-3-9)16-12(19)8-18-11(6-14)7-15-17-18/h2-5,7H,6,8,14H2,1H3,(H,16,19). The van der Waals surface area contributed by atoms with Gasteiger partial charge >= 0.3 is 5.97 Å². The molecule has 8 nitrogen and oxygen atoms in total. The van der Waals surface area contributed by atoms with Crippen LogP contribution in [0.2, 0.25) is 0 Å². The largest absolute Gasteiger partial charge is 0.465 e. The molecule has 1 aromatic carbocycles. The number of nitrogens with one attached hydrogen (secondary N) is 1. The fourth-order valence-electron chi connectivity index (χ4n) is 1.71. The Labute approximate surface area is 120 Å². The van der Waals surface area contributed by atoms with Gasteiger partial charge in [-0.05, 0) is 24.3 Å². The second-order valence-corrected chi connectivity index (χ2v) is 4.20. The number of hydrogen-bond donors (Lipinski definition) is 2. The van der Waals surface area contributed by atoms with Gasteiger partial charge in [-0.15, -0.1) is 5.10 Å². The summed E-state index contributed by atoms with van der Waals surface area (Å²) in [5.74, 6) is -0.691. The number of rotatable bonds is 5. The number of carbonyl (C=O) groups excluding carboxylic acids is 2. The number of anilines is 1. The third-order valence-corrected chi connectivity index (χ3v) is 2.79. The van der Waals surface area contributed by atoms with Crippen LogP contribution in [0.25, 0.3) is 0 Å². The lowest BCUT2D eigenvalue weighted by atomic mass is 10.2. The molecule has 0 fully saturated rings. The van der Waals surface area contributed by atoms with Crippen molar-refractivity contribution in [3.8, 4) is 0 Å². The van der Waals surface area contributed by atoms with Gasteiger partial charge in [0.15, 0.2) is 0 Å². The van der Waals surface area contributed by atoms with E-state index in [-0.39, 0.29) is 19.0 Å². The fourth-order valence-corrected chi connectivity index (χ4v) is 1.71. The van der Waals surface area contributed by atoms with E-state index in [2.05, 4.69) is 20.4 Å². The summed E-state index contributed by atoms with van der Waals surface area (Å²) in [6, 6.07) is 6.38. The van der Waals surface area contributed by atoms with E-state index in [0.29, 0.717) is 16.9 Å². The molecule has 0 spiro atoms. The van der Waals surface area contributed by atoms with E-state index in [1.807, 2.05) is 0 Å². The van der Waals surface area contributed by atoms with Gasteiger partial charge < -0.3 is 15.8 Å². The molecule has 0 bridgehead atoms. The van der Waals surface area contributed by atoms with Crippen LogP contribution in [-0.4, -0.2) is 34.0 Å². The molecule has 21 heavy (non-hydrogen) atoms. The van der Waals surface area contributed by atoms with Crippen molar-refractivity contribution in [2.45, 2.75) is 13.1 Å². The number of esters is 1. The summed E-state index contributed by atoms with van der Waals surface area (Å²) in [5.41, 5.74) is 7.16. The Balaban J connectivity index is 1.98. The molecule has 0 aliphatic carbocycles. The molecule has 0 radical (unpaired) electrons. The van der Waals surface area contributed by atoms with Gasteiger partial charge in [-0.3, -0.25) is 4.79 Å². The van der Waals surface area contributed by atoms with Crippen molar-refractivity contribution in [3.63, 3.8) is 0 Å². The van der Waals surface area contributed by atoms with E-state index in [1.165, 1.54) is 18.0 Å². The van der Waals surface area contributed by atoms with Crippen LogP contribution in [0.15, 0.2) is 30.5 Å². The monoisotopic (exact) mass is 289 g/mol. The summed E-state index contributed by atoms with van der Waals surface area (Å²) in [5, 5.41) is 10.2. The Morgan fingerprint density at radius 2 is 2.05 bits per heavy atom. The zero-order valence-corrected chi connectivity index (χ0v) is 11.4. The molecule has 2 aromatic rings. The van der Waals surface area contributed by atoms with Crippen molar-refractivity contribution < 1.29 is 14.3 Å². The first-order chi connectivity index (χ1) is 10.1. The molecular weight excluding hydrogens is 274 g/mol. The number of aromatic nitrogens is 3. The number of methoxy groups -OCH3 is 1. The van der Waals surface area contributed by atoms with Crippen LogP contribution in [-0.2, 0) is 22.6 Å². The lowest BCUT2D eigenvalue weighted by molar-refractivity contribution is -0.117. The van der Waals surface area contributed by atoms with Gasteiger partial charge in [-0.2, -0.15) is 0 Å². The van der Waals surface area contributed by atoms with Crippen LogP contribution in [0.3, 0.4) is 0 Å². The number of nitrogens with zero attached hydrogens (tertiary/aromatic N) is 3. The molecule has 0 saturated carbocycles. The van der Waals surface area contributed by atoms with Crippen LogP contribution in [0.1, 0.15) is 16.1 Å². The summed E-state index contributed by atoms with van der Waals surface area (Å²) < 4.78 is 6.02. The topological polar surface area (TPSA) is 112 Å². The first-order valence-corrected chi connectivity index (χ1v) is 6.19. The average molecular weight is 289 g/mol. The van der Waals surface area contributed by atoms with Crippen molar-refractivity contribution in [3.05, 3.63) is 41.7 Å². The molecule has 110 valence electrons. The second kappa shape index (κ2) is 6.62. The van der Waals surface area contributed by atoms with Gasteiger partial charge in [0.1, 0.15) is 6.54 Å². The molecule has 0 atom stereocenters. The van der Waals surface area contributed by atoms with Crippen molar-refractivity contribution in [2.75, 3.05) is 12.4 Å². The van der Waals surface area contributed by atoms with Crippen molar-refractivity contribution in [2.24, 2.45) is 5.73 Å². The molecule has 1 heterocycles. The van der Waals surface area contributed by atoms with Crippen LogP contribution >= 0.6 is 0 Å². The highest BCUT2D eigenvalue weighted by Crippen LogP contribution is 2.10. The maximum Gasteiger partial charge on any atom is 0.337 e. The van der Waals surface area contributed by atoms with Gasteiger partial charge in [-0.1, -0.05) is 5.21 Å². The smallest absolute Gasteiger partial charge is 0.337 e. The third-order valence-electron chi connectivity index (χ3n) is 2.79. The van der Waals surface area contributed by atoms with E-state index in [9.17, 15) is 9.59 Å². The van der Waals surface area contributed by atoms with E-state index >= 15 is 0 Å². The summed E-state index contributed by atoms with van der Waals surface area (Å²) in [6.07, 6.45) is 1.51. The maximum atomic E-state index is 11.9. The summed E-state index contributed by atoms with van der Waals surface area (Å²) in [4.78, 5) is 23.2. The van der Waals surface area contributed by atoms with E-state index in [1.54, 1.807) is 24.3 Å². The molecule has 8 heteroatoms. The molecule has 1 amide bonds. The van der Waals surface area contributed by atoms with Crippen LogP contribution in [0.5, 0.6) is 0 Å². The van der Waals surface area contributed by atoms with Crippen LogP contribution in [0.4, 0.5) is 5.69 Å². The predicted molar refractivity (Wildman–Crippen MR) is 74.3 cm³/mol. The van der Waals surface area contributed by atoms with E-state index in [0.717, 1.165) is 0 Å². The van der Waals surface area contributed by atoms with Gasteiger partial charge in [0.25, 0.3) is 0 Å². The van der Waals surface area contributed by atoms with Gasteiger partial charge in [0.2, 0.25) is 5.91 Å². The first kappa shape index (κ1) is 14.7. The number of benzene rings is 1.